The summed E-state index contributed by atoms with van der Waals surface area (Å²) in [6, 6.07) is 16.0. The molecule has 1 aliphatic heterocycles. The van der Waals surface area contributed by atoms with Crippen LogP contribution in [0.25, 0.3) is 22.5 Å². The number of ether oxygens (including phenoxy) is 4. The third kappa shape index (κ3) is 5.10. The van der Waals surface area contributed by atoms with E-state index in [1.807, 2.05) is 42.5 Å². The average Bonchev–Trinajstić information content (AvgIpc) is 3.45. The largest absolute Gasteiger partial charge is 0.454 e. The summed E-state index contributed by atoms with van der Waals surface area (Å²) in [5.74, 6) is 1.51. The molecular formula is C22H26N4O4. The van der Waals surface area contributed by atoms with Crippen LogP contribution in [0.4, 0.5) is 5.69 Å². The van der Waals surface area contributed by atoms with Gasteiger partial charge in [0.15, 0.2) is 11.5 Å². The van der Waals surface area contributed by atoms with Crippen molar-refractivity contribution in [2.75, 3.05) is 51.6 Å². The van der Waals surface area contributed by atoms with Crippen LogP contribution in [0, 0.1) is 0 Å². The Hall–Kier alpha value is -3.07. The van der Waals surface area contributed by atoms with Crippen molar-refractivity contribution >= 4 is 5.69 Å². The zero-order chi connectivity index (χ0) is 20.6. The van der Waals surface area contributed by atoms with Crippen LogP contribution in [-0.2, 0) is 9.47 Å². The van der Waals surface area contributed by atoms with Gasteiger partial charge in [-0.05, 0) is 36.4 Å². The van der Waals surface area contributed by atoms with E-state index in [0.29, 0.717) is 39.5 Å². The predicted octanol–water partition coefficient (Wildman–Crippen LogP) is 2.88. The Morgan fingerprint density at radius 2 is 1.80 bits per heavy atom. The molecule has 0 fully saturated rings. The normalized spacial score (nSPS) is 12.3. The van der Waals surface area contributed by atoms with Crippen LogP contribution in [0.5, 0.6) is 11.5 Å². The van der Waals surface area contributed by atoms with Crippen molar-refractivity contribution in [2.45, 2.75) is 0 Å². The van der Waals surface area contributed by atoms with E-state index in [1.165, 1.54) is 0 Å². The number of fused-ring (bicyclic) bond motifs is 1. The second-order valence-corrected chi connectivity index (χ2v) is 6.76. The number of hydrogen-bond acceptors (Lipinski definition) is 7. The summed E-state index contributed by atoms with van der Waals surface area (Å²) < 4.78 is 21.6. The molecular weight excluding hydrogens is 384 g/mol. The highest BCUT2D eigenvalue weighted by Crippen LogP contribution is 2.36. The molecule has 0 saturated heterocycles. The number of nitrogens with two attached hydrogens (primary N) is 1. The fourth-order valence-electron chi connectivity index (χ4n) is 3.14. The van der Waals surface area contributed by atoms with Gasteiger partial charge in [-0.3, -0.25) is 5.10 Å². The third-order valence-corrected chi connectivity index (χ3v) is 4.63. The number of benzene rings is 2. The molecule has 0 spiro atoms. The van der Waals surface area contributed by atoms with Crippen LogP contribution in [0.3, 0.4) is 0 Å². The van der Waals surface area contributed by atoms with E-state index in [4.69, 9.17) is 24.7 Å². The molecule has 0 unspecified atom stereocenters. The minimum absolute atomic E-state index is 0.261. The van der Waals surface area contributed by atoms with Gasteiger partial charge in [0.05, 0.1) is 37.8 Å². The fourth-order valence-corrected chi connectivity index (χ4v) is 3.14. The summed E-state index contributed by atoms with van der Waals surface area (Å²) in [4.78, 5) is 0. The molecule has 4 N–H and O–H groups in total. The average molecular weight is 410 g/mol. The molecule has 8 heteroatoms. The highest BCUT2D eigenvalue weighted by Gasteiger charge is 2.15. The lowest BCUT2D eigenvalue weighted by atomic mass is 10.1. The first-order valence-corrected chi connectivity index (χ1v) is 9.99. The molecule has 0 atom stereocenters. The van der Waals surface area contributed by atoms with E-state index < -0.39 is 0 Å². The van der Waals surface area contributed by atoms with E-state index in [0.717, 1.165) is 39.7 Å². The molecule has 1 aromatic heterocycles. The third-order valence-electron chi connectivity index (χ3n) is 4.63. The van der Waals surface area contributed by atoms with Crippen molar-refractivity contribution in [3.8, 4) is 34.0 Å². The molecule has 2 heterocycles. The zero-order valence-electron chi connectivity index (χ0n) is 16.7. The highest BCUT2D eigenvalue weighted by atomic mass is 16.7. The number of nitrogens with zero attached hydrogens (tertiary/aromatic N) is 1. The highest BCUT2D eigenvalue weighted by molar-refractivity contribution is 5.72. The van der Waals surface area contributed by atoms with Crippen molar-refractivity contribution in [3.63, 3.8) is 0 Å². The summed E-state index contributed by atoms with van der Waals surface area (Å²) in [5.41, 5.74) is 10.2. The maximum Gasteiger partial charge on any atom is 0.231 e. The number of aromatic amines is 1. The van der Waals surface area contributed by atoms with Gasteiger partial charge in [0.1, 0.15) is 0 Å². The Kier molecular flexibility index (Phi) is 6.81. The Labute approximate surface area is 175 Å². The van der Waals surface area contributed by atoms with Gasteiger partial charge in [-0.25, -0.2) is 0 Å². The molecule has 2 aromatic carbocycles. The summed E-state index contributed by atoms with van der Waals surface area (Å²) in [6.45, 7) is 3.82. The van der Waals surface area contributed by atoms with Crippen molar-refractivity contribution in [2.24, 2.45) is 5.73 Å². The molecule has 0 bridgehead atoms. The van der Waals surface area contributed by atoms with E-state index >= 15 is 0 Å². The number of H-pyrrole nitrogens is 1. The predicted molar refractivity (Wildman–Crippen MR) is 115 cm³/mol. The van der Waals surface area contributed by atoms with E-state index in [1.54, 1.807) is 0 Å². The number of nitrogens with one attached hydrogen (secondary N) is 2. The van der Waals surface area contributed by atoms with Gasteiger partial charge in [0.2, 0.25) is 6.79 Å². The van der Waals surface area contributed by atoms with Gasteiger partial charge in [-0.1, -0.05) is 12.1 Å². The van der Waals surface area contributed by atoms with E-state index in [9.17, 15) is 0 Å². The van der Waals surface area contributed by atoms with Gasteiger partial charge in [-0.2, -0.15) is 5.10 Å². The minimum Gasteiger partial charge on any atom is -0.454 e. The van der Waals surface area contributed by atoms with E-state index in [-0.39, 0.29) is 6.79 Å². The second kappa shape index (κ2) is 10.1. The topological polar surface area (TPSA) is 104 Å². The van der Waals surface area contributed by atoms with Gasteiger partial charge < -0.3 is 30.0 Å². The summed E-state index contributed by atoms with van der Waals surface area (Å²) in [5, 5.41) is 10.9. The molecule has 4 rings (SSSR count). The molecule has 3 aromatic rings. The first-order valence-electron chi connectivity index (χ1n) is 9.99. The Morgan fingerprint density at radius 3 is 2.70 bits per heavy atom. The van der Waals surface area contributed by atoms with Crippen LogP contribution < -0.4 is 20.5 Å². The molecule has 0 saturated carbocycles. The van der Waals surface area contributed by atoms with Crippen LogP contribution in [0.2, 0.25) is 0 Å². The van der Waals surface area contributed by atoms with Crippen molar-refractivity contribution in [3.05, 3.63) is 48.5 Å². The van der Waals surface area contributed by atoms with Crippen LogP contribution >= 0.6 is 0 Å². The van der Waals surface area contributed by atoms with E-state index in [2.05, 4.69) is 21.6 Å². The summed E-state index contributed by atoms with van der Waals surface area (Å²) >= 11 is 0. The van der Waals surface area contributed by atoms with Gasteiger partial charge in [0, 0.05) is 29.9 Å². The SMILES string of the molecule is NCCOCCOCCNc1cccc(-c2cc(-c3ccc4c(c3)OCO4)n[nH]2)c1. The zero-order valence-corrected chi connectivity index (χ0v) is 16.7. The lowest BCUT2D eigenvalue weighted by Gasteiger charge is -2.09. The first kappa shape index (κ1) is 20.2. The number of aromatic nitrogens is 2. The summed E-state index contributed by atoms with van der Waals surface area (Å²) in [7, 11) is 0. The van der Waals surface area contributed by atoms with Gasteiger partial charge >= 0.3 is 0 Å². The quantitative estimate of drug-likeness (QED) is 0.418. The maximum absolute atomic E-state index is 5.54. The van der Waals surface area contributed by atoms with Crippen LogP contribution in [0.15, 0.2) is 48.5 Å². The molecule has 0 aliphatic carbocycles. The Bertz CT molecular complexity index is 960. The lowest BCUT2D eigenvalue weighted by Crippen LogP contribution is -2.15. The monoisotopic (exact) mass is 410 g/mol. The molecule has 158 valence electrons. The first-order chi connectivity index (χ1) is 14.8. The number of anilines is 1. The van der Waals surface area contributed by atoms with Crippen molar-refractivity contribution < 1.29 is 18.9 Å². The number of hydrogen-bond donors (Lipinski definition) is 3. The van der Waals surface area contributed by atoms with Gasteiger partial charge in [0.25, 0.3) is 0 Å². The fraction of sp³-hybridized carbons (Fsp3) is 0.318. The minimum atomic E-state index is 0.261. The van der Waals surface area contributed by atoms with Crippen LogP contribution in [-0.4, -0.2) is 56.5 Å². The standard InChI is InChI=1S/C22H26N4O4/c23-6-8-27-10-11-28-9-7-24-18-3-1-2-16(12-18)19-14-20(26-25-19)17-4-5-21-22(13-17)30-15-29-21/h1-5,12-14,24H,6-11,15,23H2,(H,25,26). The Balaban J connectivity index is 1.32. The molecule has 30 heavy (non-hydrogen) atoms. The lowest BCUT2D eigenvalue weighted by molar-refractivity contribution is 0.0548. The number of rotatable bonds is 11. The molecule has 0 radical (unpaired) electrons. The van der Waals surface area contributed by atoms with Crippen molar-refractivity contribution in [1.82, 2.24) is 10.2 Å². The second-order valence-electron chi connectivity index (χ2n) is 6.76. The van der Waals surface area contributed by atoms with Gasteiger partial charge in [-0.15, -0.1) is 0 Å². The smallest absolute Gasteiger partial charge is 0.231 e. The van der Waals surface area contributed by atoms with Crippen molar-refractivity contribution in [1.29, 1.82) is 0 Å². The molecule has 1 aliphatic rings. The maximum atomic E-state index is 5.54. The summed E-state index contributed by atoms with van der Waals surface area (Å²) in [6.07, 6.45) is 0. The Morgan fingerprint density at radius 1 is 0.933 bits per heavy atom. The molecule has 8 nitrogen and oxygen atoms in total. The molecule has 0 amide bonds. The van der Waals surface area contributed by atoms with Crippen LogP contribution in [0.1, 0.15) is 0 Å².